The van der Waals surface area contributed by atoms with Crippen molar-refractivity contribution in [2.45, 2.75) is 76.1 Å². The Morgan fingerprint density at radius 3 is 2.22 bits per heavy atom. The topological polar surface area (TPSA) is 48.0 Å². The maximum Gasteiger partial charge on any atom is 0.242 e. The molecule has 0 spiro atoms. The van der Waals surface area contributed by atoms with Gasteiger partial charge in [-0.25, -0.2) is 0 Å². The van der Waals surface area contributed by atoms with Crippen LogP contribution in [0.25, 0.3) is 0 Å². The van der Waals surface area contributed by atoms with Gasteiger partial charge in [0.15, 0.2) is 14.1 Å². The average Bonchev–Trinajstić information content (AvgIpc) is 2.73. The molecule has 136 valence electrons. The highest BCUT2D eigenvalue weighted by atomic mass is 35.5. The van der Waals surface area contributed by atoms with Crippen LogP contribution >= 0.6 is 11.6 Å². The second kappa shape index (κ2) is 7.00. The quantitative estimate of drug-likeness (QED) is 0.554. The number of amides is 1. The summed E-state index contributed by atoms with van der Waals surface area (Å²) in [6, 6.07) is 0. The molecule has 0 N–H and O–H groups in total. The van der Waals surface area contributed by atoms with Crippen LogP contribution < -0.4 is 0 Å². The van der Waals surface area contributed by atoms with Gasteiger partial charge in [-0.15, -0.1) is 11.6 Å². The Kier molecular flexibility index (Phi) is 6.36. The van der Waals surface area contributed by atoms with Gasteiger partial charge in [-0.1, -0.05) is 20.8 Å². The zero-order chi connectivity index (χ0) is 18.2. The molecule has 1 amide bonds. The number of carbonyl (C=O) groups is 1. The monoisotopic (exact) mass is 365 g/mol. The van der Waals surface area contributed by atoms with E-state index in [1.807, 2.05) is 13.8 Å². The number of hydrogen-bond acceptors (Lipinski definition) is 4. The molecule has 1 rings (SSSR count). The van der Waals surface area contributed by atoms with Crippen molar-refractivity contribution >= 4 is 25.8 Å². The molecule has 0 aromatic rings. The Hall–Kier alpha value is -0.143. The summed E-state index contributed by atoms with van der Waals surface area (Å²) < 4.78 is 18.1. The minimum absolute atomic E-state index is 0.0119. The number of carbonyl (C=O) groups excluding carboxylic acids is 1. The van der Waals surface area contributed by atoms with Crippen LogP contribution in [0.1, 0.15) is 34.6 Å². The first-order valence-electron chi connectivity index (χ1n) is 8.03. The van der Waals surface area contributed by atoms with E-state index in [2.05, 4.69) is 33.9 Å². The van der Waals surface area contributed by atoms with Gasteiger partial charge < -0.3 is 18.8 Å². The Morgan fingerprint density at radius 1 is 1.35 bits per heavy atom. The molecule has 23 heavy (non-hydrogen) atoms. The van der Waals surface area contributed by atoms with Gasteiger partial charge >= 0.3 is 0 Å². The molecule has 1 heterocycles. The third-order valence-corrected chi connectivity index (χ3v) is 9.51. The summed E-state index contributed by atoms with van der Waals surface area (Å²) in [6.07, 6.45) is -0.889. The van der Waals surface area contributed by atoms with E-state index < -0.39 is 25.6 Å². The van der Waals surface area contributed by atoms with Crippen LogP contribution in [0.3, 0.4) is 0 Å². The van der Waals surface area contributed by atoms with Crippen molar-refractivity contribution in [3.8, 4) is 0 Å². The molecule has 0 aliphatic carbocycles. The minimum atomic E-state index is -2.12. The highest BCUT2D eigenvalue weighted by molar-refractivity contribution is 6.74. The second-order valence-electron chi connectivity index (χ2n) is 8.34. The maximum absolute atomic E-state index is 12.4. The molecule has 5 nitrogen and oxygen atoms in total. The predicted octanol–water partition coefficient (Wildman–Crippen LogP) is 3.22. The van der Waals surface area contributed by atoms with Gasteiger partial charge in [0.25, 0.3) is 0 Å². The molecule has 0 saturated carbocycles. The smallest absolute Gasteiger partial charge is 0.242 e. The Morgan fingerprint density at radius 2 is 1.87 bits per heavy atom. The molecular formula is C16H32ClNO4Si. The van der Waals surface area contributed by atoms with Crippen molar-refractivity contribution in [1.82, 2.24) is 4.90 Å². The van der Waals surface area contributed by atoms with Gasteiger partial charge in [0, 0.05) is 14.1 Å². The highest BCUT2D eigenvalue weighted by Crippen LogP contribution is 2.40. The van der Waals surface area contributed by atoms with Gasteiger partial charge in [0.1, 0.15) is 11.5 Å². The van der Waals surface area contributed by atoms with Crippen LogP contribution in [0.2, 0.25) is 18.1 Å². The molecule has 0 unspecified atom stereocenters. The van der Waals surface area contributed by atoms with E-state index in [0.717, 1.165) is 0 Å². The number of ether oxygens (including phenoxy) is 2. The van der Waals surface area contributed by atoms with E-state index in [4.69, 9.17) is 25.5 Å². The van der Waals surface area contributed by atoms with Crippen molar-refractivity contribution in [3.05, 3.63) is 0 Å². The fourth-order valence-corrected chi connectivity index (χ4v) is 3.92. The lowest BCUT2D eigenvalue weighted by molar-refractivity contribution is -0.153. The van der Waals surface area contributed by atoms with Crippen LogP contribution in [0, 0.1) is 0 Å². The lowest BCUT2D eigenvalue weighted by Gasteiger charge is -2.41. The standard InChI is InChI=1S/C16H32ClNO4Si/c1-15(2,3)23(8,9)22-13(12(17)14(19)18(6)7)11-10-20-16(4,5)21-11/h11-13H,10H2,1-9H3/t11-,12-,13-/m1/s1. The van der Waals surface area contributed by atoms with E-state index in [1.54, 1.807) is 14.1 Å². The van der Waals surface area contributed by atoms with Crippen molar-refractivity contribution in [2.24, 2.45) is 0 Å². The summed E-state index contributed by atoms with van der Waals surface area (Å²) in [5.74, 6) is -0.860. The van der Waals surface area contributed by atoms with Crippen LogP contribution in [0.5, 0.6) is 0 Å². The second-order valence-corrected chi connectivity index (χ2v) is 13.6. The van der Waals surface area contributed by atoms with Crippen molar-refractivity contribution in [1.29, 1.82) is 0 Å². The molecule has 0 aromatic heterocycles. The minimum Gasteiger partial charge on any atom is -0.409 e. The van der Waals surface area contributed by atoms with E-state index in [0.29, 0.717) is 6.61 Å². The Balaban J connectivity index is 3.05. The molecule has 0 radical (unpaired) electrons. The first-order valence-corrected chi connectivity index (χ1v) is 11.4. The van der Waals surface area contributed by atoms with E-state index in [1.165, 1.54) is 4.90 Å². The molecule has 3 atom stereocenters. The van der Waals surface area contributed by atoms with Gasteiger partial charge in [-0.05, 0) is 32.0 Å². The van der Waals surface area contributed by atoms with E-state index in [9.17, 15) is 4.79 Å². The molecular weight excluding hydrogens is 334 g/mol. The van der Waals surface area contributed by atoms with Crippen LogP contribution in [0.4, 0.5) is 0 Å². The lowest BCUT2D eigenvalue weighted by Crippen LogP contribution is -2.54. The van der Waals surface area contributed by atoms with Crippen molar-refractivity contribution in [3.63, 3.8) is 0 Å². The Labute approximate surface area is 146 Å². The molecule has 7 heteroatoms. The molecule has 0 bridgehead atoms. The normalized spacial score (nSPS) is 24.3. The highest BCUT2D eigenvalue weighted by Gasteiger charge is 2.48. The average molecular weight is 366 g/mol. The summed E-state index contributed by atoms with van der Waals surface area (Å²) in [4.78, 5) is 13.9. The lowest BCUT2D eigenvalue weighted by atomic mass is 10.1. The first-order chi connectivity index (χ1) is 10.2. The molecule has 0 aromatic carbocycles. The predicted molar refractivity (Wildman–Crippen MR) is 95.3 cm³/mol. The SMILES string of the molecule is CN(C)C(=O)[C@H](Cl)[C@H](O[Si](C)(C)C(C)(C)C)[C@H]1COC(C)(C)O1. The zero-order valence-electron chi connectivity index (χ0n) is 15.9. The summed E-state index contributed by atoms with van der Waals surface area (Å²) in [5.41, 5.74) is 0. The maximum atomic E-state index is 12.4. The van der Waals surface area contributed by atoms with Crippen LogP contribution in [-0.2, 0) is 18.7 Å². The Bertz CT molecular complexity index is 434. The largest absolute Gasteiger partial charge is 0.409 e. The summed E-state index contributed by atoms with van der Waals surface area (Å²) >= 11 is 6.49. The molecule has 1 aliphatic rings. The fraction of sp³-hybridized carbons (Fsp3) is 0.938. The number of alkyl halides is 1. The summed E-state index contributed by atoms with van der Waals surface area (Å²) in [6.45, 7) is 14.8. The molecule has 1 saturated heterocycles. The van der Waals surface area contributed by atoms with E-state index >= 15 is 0 Å². The number of hydrogen-bond donors (Lipinski definition) is 0. The molecule has 1 aliphatic heterocycles. The first kappa shape index (κ1) is 20.9. The third-order valence-electron chi connectivity index (χ3n) is 4.60. The summed E-state index contributed by atoms with van der Waals surface area (Å²) in [5, 5.41) is -0.792. The third kappa shape index (κ3) is 5.16. The van der Waals surface area contributed by atoms with Crippen molar-refractivity contribution < 1.29 is 18.7 Å². The number of nitrogens with zero attached hydrogens (tertiary/aromatic N) is 1. The van der Waals surface area contributed by atoms with Gasteiger partial charge in [-0.2, -0.15) is 0 Å². The van der Waals surface area contributed by atoms with Crippen molar-refractivity contribution in [2.75, 3.05) is 20.7 Å². The van der Waals surface area contributed by atoms with Crippen LogP contribution in [0.15, 0.2) is 0 Å². The zero-order valence-corrected chi connectivity index (χ0v) is 17.7. The number of halogens is 1. The summed E-state index contributed by atoms with van der Waals surface area (Å²) in [7, 11) is 1.27. The van der Waals surface area contributed by atoms with Crippen LogP contribution in [-0.4, -0.2) is 63.2 Å². The van der Waals surface area contributed by atoms with Gasteiger partial charge in [-0.3, -0.25) is 4.79 Å². The number of rotatable bonds is 5. The van der Waals surface area contributed by atoms with Gasteiger partial charge in [0.2, 0.25) is 5.91 Å². The molecule has 1 fully saturated rings. The fourth-order valence-electron chi connectivity index (χ4n) is 2.11. The van der Waals surface area contributed by atoms with Gasteiger partial charge in [0.05, 0.1) is 12.7 Å². The van der Waals surface area contributed by atoms with E-state index in [-0.39, 0.29) is 17.0 Å².